The summed E-state index contributed by atoms with van der Waals surface area (Å²) in [7, 11) is 0. The van der Waals surface area contributed by atoms with Gasteiger partial charge in [0.1, 0.15) is 0 Å². The fourth-order valence-electron chi connectivity index (χ4n) is 0. The first-order valence-corrected chi connectivity index (χ1v) is 3.00. The summed E-state index contributed by atoms with van der Waals surface area (Å²) in [6.07, 6.45) is 0. The second-order valence-corrected chi connectivity index (χ2v) is 0. The normalized spacial score (nSPS) is 1.00. The predicted octanol–water partition coefficient (Wildman–Crippen LogP) is -3.90. The van der Waals surface area contributed by atoms with Crippen LogP contribution in [0.4, 0.5) is 0 Å². The van der Waals surface area contributed by atoms with Crippen molar-refractivity contribution in [3.8, 4) is 0 Å². The Morgan fingerprint density at radius 2 is 0.667 bits per heavy atom. The van der Waals surface area contributed by atoms with E-state index in [2.05, 4.69) is 0 Å². The molecule has 0 saturated heterocycles. The molecule has 6 heteroatoms. The summed E-state index contributed by atoms with van der Waals surface area (Å²) in [4.78, 5) is 0. The van der Waals surface area contributed by atoms with Crippen molar-refractivity contribution in [1.29, 1.82) is 0 Å². The van der Waals surface area contributed by atoms with Gasteiger partial charge >= 0.3 is 95.9 Å². The summed E-state index contributed by atoms with van der Waals surface area (Å²) in [5.41, 5.74) is 0. The summed E-state index contributed by atoms with van der Waals surface area (Å²) in [6.45, 7) is 0. The molecule has 2 nitrogen and oxygen atoms in total. The molecule has 0 fully saturated rings. The second-order valence-electron chi connectivity index (χ2n) is 0. The van der Waals surface area contributed by atoms with Crippen LogP contribution in [0, 0.1) is 0 Å². The molecule has 0 rings (SSSR count). The van der Waals surface area contributed by atoms with Gasteiger partial charge in [-0.15, -0.1) is 0 Å². The first-order valence-electron chi connectivity index (χ1n) is 0.577. The Bertz CT molecular complexity index is 11.5. The topological polar surface area (TPSA) is 34.1 Å². The van der Waals surface area contributed by atoms with E-state index in [-0.39, 0.29) is 88.8 Å². The van der Waals surface area contributed by atoms with Crippen molar-refractivity contribution < 1.29 is 7.08 Å². The van der Waals surface area contributed by atoms with Crippen molar-refractivity contribution in [2.24, 2.45) is 0 Å². The molecule has 0 aromatic carbocycles. The molecule has 0 saturated carbocycles. The Labute approximate surface area is 94.2 Å². The summed E-state index contributed by atoms with van der Waals surface area (Å²) >= 11 is 0.250. The van der Waals surface area contributed by atoms with E-state index in [1.807, 2.05) is 0 Å². The van der Waals surface area contributed by atoms with Gasteiger partial charge in [0.15, 0.2) is 0 Å². The van der Waals surface area contributed by atoms with Crippen LogP contribution in [0.5, 0.6) is 0 Å². The molecule has 0 N–H and O–H groups in total. The van der Waals surface area contributed by atoms with E-state index < -0.39 is 0 Å². The molecular weight excluding hydrogens is 401 g/mol. The third-order valence-corrected chi connectivity index (χ3v) is 0. The van der Waals surface area contributed by atoms with Gasteiger partial charge < -0.3 is 0 Å². The summed E-state index contributed by atoms with van der Waals surface area (Å²) in [5.74, 6) is 0. The van der Waals surface area contributed by atoms with Gasteiger partial charge in [-0.2, -0.15) is 0 Å². The monoisotopic (exact) mass is 408 g/mol. The molecule has 0 heterocycles. The van der Waals surface area contributed by atoms with Crippen molar-refractivity contribution in [1.82, 2.24) is 0 Å². The quantitative estimate of drug-likeness (QED) is 0.384. The molecular formula is H8Ga2In2O2. The predicted molar refractivity (Wildman–Crippen MR) is 35.5 cm³/mol. The zero-order valence-electron chi connectivity index (χ0n) is 2.23. The first kappa shape index (κ1) is 23.5. The molecule has 0 unspecified atom stereocenters. The maximum absolute atomic E-state index is 8.38. The van der Waals surface area contributed by atoms with Crippen LogP contribution < -0.4 is 0 Å². The average Bonchev–Trinajstić information content (AvgIpc) is 1.50. The molecule has 6 heavy (non-hydrogen) atoms. The molecule has 0 bridgehead atoms. The Hall–Kier alpha value is 2.61. The molecule has 0 radical (unpaired) electrons. The standard InChI is InChI=1S/2Ga.2In.2O.8H. The van der Waals surface area contributed by atoms with Crippen molar-refractivity contribution >= 4 is 88.8 Å². The summed E-state index contributed by atoms with van der Waals surface area (Å²) < 4.78 is 16.8. The fourth-order valence-corrected chi connectivity index (χ4v) is 0. The van der Waals surface area contributed by atoms with Crippen LogP contribution in [-0.4, -0.2) is 88.8 Å². The number of rotatable bonds is 0. The van der Waals surface area contributed by atoms with Crippen LogP contribution in [0.25, 0.3) is 0 Å². The van der Waals surface area contributed by atoms with Crippen molar-refractivity contribution in [3.63, 3.8) is 0 Å². The zero-order valence-corrected chi connectivity index (χ0v) is 8.16. The van der Waals surface area contributed by atoms with Crippen LogP contribution in [0.2, 0.25) is 0 Å². The van der Waals surface area contributed by atoms with Crippen LogP contribution in [0.15, 0.2) is 0 Å². The molecule has 0 amide bonds. The molecule has 0 aliphatic rings. The van der Waals surface area contributed by atoms with Crippen molar-refractivity contribution in [3.05, 3.63) is 0 Å². The third kappa shape index (κ3) is 30.5. The second kappa shape index (κ2) is 48.8. The van der Waals surface area contributed by atoms with Crippen LogP contribution in [0.1, 0.15) is 0 Å². The molecule has 0 aromatic rings. The van der Waals surface area contributed by atoms with Gasteiger partial charge in [-0.1, -0.05) is 0 Å². The van der Waals surface area contributed by atoms with E-state index in [9.17, 15) is 0 Å². The van der Waals surface area contributed by atoms with Crippen LogP contribution >= 0.6 is 0 Å². The average molecular weight is 409 g/mol. The molecule has 0 aromatic heterocycles. The van der Waals surface area contributed by atoms with Crippen molar-refractivity contribution in [2.45, 2.75) is 0 Å². The summed E-state index contributed by atoms with van der Waals surface area (Å²) in [6, 6.07) is 0. The van der Waals surface area contributed by atoms with Crippen molar-refractivity contribution in [2.75, 3.05) is 0 Å². The van der Waals surface area contributed by atoms with E-state index in [4.69, 9.17) is 7.08 Å². The van der Waals surface area contributed by atoms with Crippen LogP contribution in [-0.2, 0) is 7.08 Å². The molecule has 0 atom stereocenters. The Morgan fingerprint density at radius 3 is 0.667 bits per heavy atom. The SMILES string of the molecule is [InH3].[InH3].[O]=[GaH].[O]=[GaH]. The Kier molecular flexibility index (Phi) is 191. The summed E-state index contributed by atoms with van der Waals surface area (Å²) in [5, 5.41) is 0. The zero-order chi connectivity index (χ0) is 4.00. The number of hydrogen-bond donors (Lipinski definition) is 0. The van der Waals surface area contributed by atoms with Gasteiger partial charge in [-0.05, 0) is 0 Å². The molecule has 0 aliphatic heterocycles. The minimum absolute atomic E-state index is 0. The van der Waals surface area contributed by atoms with Gasteiger partial charge in [0.2, 0.25) is 0 Å². The first-order chi connectivity index (χ1) is 2.00. The molecule has 0 spiro atoms. The van der Waals surface area contributed by atoms with Gasteiger partial charge in [-0.3, -0.25) is 0 Å². The van der Waals surface area contributed by atoms with Gasteiger partial charge in [0, 0.05) is 0 Å². The van der Waals surface area contributed by atoms with Gasteiger partial charge in [-0.25, -0.2) is 0 Å². The van der Waals surface area contributed by atoms with E-state index in [0.29, 0.717) is 0 Å². The van der Waals surface area contributed by atoms with E-state index in [0.717, 1.165) is 0 Å². The van der Waals surface area contributed by atoms with E-state index in [1.54, 1.807) is 0 Å². The van der Waals surface area contributed by atoms with Gasteiger partial charge in [0.25, 0.3) is 0 Å². The molecule has 32 valence electrons. The maximum atomic E-state index is 8.38. The fraction of sp³-hybridized carbons (Fsp3) is 0. The minimum atomic E-state index is 0. The van der Waals surface area contributed by atoms with E-state index >= 15 is 0 Å². The Balaban J connectivity index is -0.00000000500. The van der Waals surface area contributed by atoms with Gasteiger partial charge in [0.05, 0.1) is 0 Å². The third-order valence-electron chi connectivity index (χ3n) is 0. The van der Waals surface area contributed by atoms with Crippen LogP contribution in [0.3, 0.4) is 0 Å². The van der Waals surface area contributed by atoms with E-state index in [1.165, 1.54) is 0 Å². The number of hydrogen-bond acceptors (Lipinski definition) is 2. The Morgan fingerprint density at radius 1 is 0.667 bits per heavy atom. The molecule has 0 aliphatic carbocycles.